The largest absolute Gasteiger partial charge is 0.472 e. The van der Waals surface area contributed by atoms with Crippen molar-refractivity contribution in [2.45, 2.75) is 380 Å². The minimum atomic E-state index is -4.95. The molecule has 3 N–H and O–H groups in total. The summed E-state index contributed by atoms with van der Waals surface area (Å²) in [6.45, 7) is 4.84. The lowest BCUT2D eigenvalue weighted by Crippen LogP contribution is -2.30. The molecule has 2 unspecified atom stereocenters. The fourth-order valence-corrected chi connectivity index (χ4v) is 12.1. The molecule has 0 aliphatic carbocycles. The van der Waals surface area contributed by atoms with Crippen molar-refractivity contribution >= 4 is 39.5 Å². The molecule has 0 aliphatic heterocycles. The Bertz CT molecular complexity index is 1690. The molecule has 0 spiro atoms. The van der Waals surface area contributed by atoms with Gasteiger partial charge in [-0.25, -0.2) is 9.13 Å². The van der Waals surface area contributed by atoms with Crippen LogP contribution >= 0.6 is 15.6 Å². The lowest BCUT2D eigenvalue weighted by Gasteiger charge is -2.21. The number of rotatable bonds is 70. The van der Waals surface area contributed by atoms with Crippen molar-refractivity contribution in [2.75, 3.05) is 39.6 Å². The monoisotopic (exact) mass is 1300 g/mol. The van der Waals surface area contributed by atoms with Crippen LogP contribution in [0.1, 0.15) is 362 Å². The zero-order valence-corrected chi connectivity index (χ0v) is 58.5. The van der Waals surface area contributed by atoms with Gasteiger partial charge in [0, 0.05) is 25.7 Å². The van der Waals surface area contributed by atoms with Crippen molar-refractivity contribution in [3.63, 3.8) is 0 Å². The highest BCUT2D eigenvalue weighted by molar-refractivity contribution is 7.47. The first-order valence-electron chi connectivity index (χ1n) is 36.3. The summed E-state index contributed by atoms with van der Waals surface area (Å²) in [4.78, 5) is 72.1. The van der Waals surface area contributed by atoms with Crippen molar-refractivity contribution < 1.29 is 80.2 Å². The third kappa shape index (κ3) is 62.8. The molecule has 0 aromatic heterocycles. The number of hydrogen-bond donors (Lipinski definition) is 3. The van der Waals surface area contributed by atoms with E-state index in [-0.39, 0.29) is 25.7 Å². The molecule has 5 atom stereocenters. The molecule has 0 saturated heterocycles. The topological polar surface area (TPSA) is 237 Å². The van der Waals surface area contributed by atoms with Crippen molar-refractivity contribution in [3.05, 3.63) is 0 Å². The lowest BCUT2D eigenvalue weighted by molar-refractivity contribution is -0.161. The van der Waals surface area contributed by atoms with Gasteiger partial charge >= 0.3 is 39.5 Å². The number of ether oxygens (including phenoxy) is 4. The third-order valence-electron chi connectivity index (χ3n) is 16.1. The van der Waals surface area contributed by atoms with Crippen LogP contribution in [0.2, 0.25) is 0 Å². The third-order valence-corrected chi connectivity index (χ3v) is 18.0. The van der Waals surface area contributed by atoms with E-state index in [0.717, 1.165) is 96.3 Å². The van der Waals surface area contributed by atoms with E-state index in [9.17, 15) is 43.2 Å². The SMILES string of the molecule is CCCCCCCCCCCCCCCCCCCCCCCC(=O)O[C@H](COC(=O)CCCCCCCCCCCCC)COP(=O)(O)OC[C@@H](O)COP(=O)(O)OC[C@@H](COC(=O)CCCCCCC)OC(=O)CCCCCCCCCCCCC. The summed E-state index contributed by atoms with van der Waals surface area (Å²) in [6, 6.07) is 0. The highest BCUT2D eigenvalue weighted by Gasteiger charge is 2.30. The summed E-state index contributed by atoms with van der Waals surface area (Å²) in [5.41, 5.74) is 0. The Morgan fingerprint density at radius 2 is 0.455 bits per heavy atom. The Kier molecular flexibility index (Phi) is 62.4. The standard InChI is InChI=1S/C69H134O17P2/c1-5-9-13-17-20-23-26-27-28-29-30-31-32-33-34-35-38-41-44-48-52-56-69(74)86-65(60-80-67(72)54-50-46-42-39-36-24-21-18-14-10-6-2)62-84-88(77,78)82-58-63(70)57-81-87(75,76)83-61-64(59-79-66(71)53-49-45-16-12-8-4)85-68(73)55-51-47-43-40-37-25-22-19-15-11-7-3/h63-65,70H,5-62H2,1-4H3,(H,75,76)(H,77,78)/t63-,64+,65+/m0/s1. The molecule has 0 amide bonds. The van der Waals surface area contributed by atoms with E-state index in [0.29, 0.717) is 25.7 Å². The number of unbranched alkanes of at least 4 members (excludes halogenated alkanes) is 44. The first-order valence-corrected chi connectivity index (χ1v) is 39.3. The summed E-state index contributed by atoms with van der Waals surface area (Å²) in [5.74, 6) is -2.14. The first kappa shape index (κ1) is 86.1. The second-order valence-corrected chi connectivity index (χ2v) is 27.8. The van der Waals surface area contributed by atoms with Crippen LogP contribution in [0.3, 0.4) is 0 Å². The highest BCUT2D eigenvalue weighted by Crippen LogP contribution is 2.45. The maximum atomic E-state index is 13.0. The number of aliphatic hydroxyl groups is 1. The summed E-state index contributed by atoms with van der Waals surface area (Å²) >= 11 is 0. The predicted molar refractivity (Wildman–Crippen MR) is 354 cm³/mol. The van der Waals surface area contributed by atoms with Crippen molar-refractivity contribution in [3.8, 4) is 0 Å². The van der Waals surface area contributed by atoms with Crippen LogP contribution in [0.5, 0.6) is 0 Å². The van der Waals surface area contributed by atoms with E-state index in [4.69, 9.17) is 37.0 Å². The van der Waals surface area contributed by atoms with Crippen LogP contribution < -0.4 is 0 Å². The summed E-state index contributed by atoms with van der Waals surface area (Å²) in [6.07, 6.45) is 51.8. The average molecular weight is 1300 g/mol. The molecule has 0 aromatic rings. The van der Waals surface area contributed by atoms with E-state index in [2.05, 4.69) is 27.7 Å². The predicted octanol–water partition coefficient (Wildman–Crippen LogP) is 19.9. The Labute approximate surface area is 537 Å². The molecule has 0 heterocycles. The van der Waals surface area contributed by atoms with Gasteiger partial charge in [-0.05, 0) is 25.7 Å². The van der Waals surface area contributed by atoms with Gasteiger partial charge < -0.3 is 33.8 Å². The van der Waals surface area contributed by atoms with Crippen LogP contribution in [0, 0.1) is 0 Å². The van der Waals surface area contributed by atoms with Gasteiger partial charge in [-0.2, -0.15) is 0 Å². The second-order valence-electron chi connectivity index (χ2n) is 24.9. The van der Waals surface area contributed by atoms with Crippen LogP contribution in [0.4, 0.5) is 0 Å². The fraction of sp³-hybridized carbons (Fsp3) is 0.942. The first-order chi connectivity index (χ1) is 42.7. The Morgan fingerprint density at radius 3 is 0.670 bits per heavy atom. The molecular formula is C69H134O17P2. The van der Waals surface area contributed by atoms with Gasteiger partial charge in [-0.1, -0.05) is 310 Å². The van der Waals surface area contributed by atoms with Crippen LogP contribution in [-0.2, 0) is 65.4 Å². The smallest absolute Gasteiger partial charge is 0.462 e. The van der Waals surface area contributed by atoms with E-state index >= 15 is 0 Å². The number of phosphoric acid groups is 2. The van der Waals surface area contributed by atoms with Gasteiger partial charge in [0.1, 0.15) is 19.3 Å². The molecule has 0 radical (unpaired) electrons. The fourth-order valence-electron chi connectivity index (χ4n) is 10.5. The number of carbonyl (C=O) groups excluding carboxylic acids is 4. The van der Waals surface area contributed by atoms with Crippen molar-refractivity contribution in [2.24, 2.45) is 0 Å². The number of aliphatic hydroxyl groups excluding tert-OH is 1. The molecule has 0 aliphatic rings. The number of phosphoric ester groups is 2. The normalized spacial score (nSPS) is 14.0. The van der Waals surface area contributed by atoms with Crippen molar-refractivity contribution in [1.82, 2.24) is 0 Å². The Hall–Kier alpha value is -1.94. The van der Waals surface area contributed by atoms with Crippen molar-refractivity contribution in [1.29, 1.82) is 0 Å². The van der Waals surface area contributed by atoms with Crippen LogP contribution in [0.15, 0.2) is 0 Å². The van der Waals surface area contributed by atoms with Gasteiger partial charge in [0.25, 0.3) is 0 Å². The minimum Gasteiger partial charge on any atom is -0.462 e. The maximum absolute atomic E-state index is 13.0. The number of esters is 4. The number of hydrogen-bond acceptors (Lipinski definition) is 15. The zero-order valence-electron chi connectivity index (χ0n) is 56.7. The second kappa shape index (κ2) is 63.8. The highest BCUT2D eigenvalue weighted by atomic mass is 31.2. The summed E-state index contributed by atoms with van der Waals surface area (Å²) < 4.78 is 68.0. The molecule has 0 bridgehead atoms. The molecule has 0 rings (SSSR count). The van der Waals surface area contributed by atoms with Gasteiger partial charge in [0.05, 0.1) is 26.4 Å². The quantitative estimate of drug-likeness (QED) is 0.0222. The minimum absolute atomic E-state index is 0.106. The van der Waals surface area contributed by atoms with Gasteiger partial charge in [-0.15, -0.1) is 0 Å². The van der Waals surface area contributed by atoms with Gasteiger partial charge in [0.15, 0.2) is 12.2 Å². The molecular weight excluding hydrogens is 1160 g/mol. The Balaban J connectivity index is 5.08. The zero-order chi connectivity index (χ0) is 64.7. The van der Waals surface area contributed by atoms with Crippen LogP contribution in [0.25, 0.3) is 0 Å². The van der Waals surface area contributed by atoms with E-state index in [1.54, 1.807) is 0 Å². The molecule has 0 saturated carbocycles. The van der Waals surface area contributed by atoms with Gasteiger partial charge in [-0.3, -0.25) is 37.3 Å². The summed E-state index contributed by atoms with van der Waals surface area (Å²) in [5, 5.41) is 10.5. The molecule has 17 nitrogen and oxygen atoms in total. The molecule has 0 fully saturated rings. The van der Waals surface area contributed by atoms with Gasteiger partial charge in [0.2, 0.25) is 0 Å². The molecule has 0 aromatic carbocycles. The van der Waals surface area contributed by atoms with E-state index in [1.807, 2.05) is 0 Å². The number of carbonyl (C=O) groups is 4. The molecule has 522 valence electrons. The lowest BCUT2D eigenvalue weighted by atomic mass is 10.0. The van der Waals surface area contributed by atoms with E-state index in [1.165, 1.54) is 186 Å². The maximum Gasteiger partial charge on any atom is 0.472 e. The summed E-state index contributed by atoms with van der Waals surface area (Å²) in [7, 11) is -9.88. The van der Waals surface area contributed by atoms with E-state index < -0.39 is 97.5 Å². The molecule has 88 heavy (non-hydrogen) atoms. The van der Waals surface area contributed by atoms with Crippen LogP contribution in [-0.4, -0.2) is 96.7 Å². The Morgan fingerprint density at radius 1 is 0.273 bits per heavy atom. The molecule has 19 heteroatoms. The average Bonchev–Trinajstić information content (AvgIpc) is 3.51.